The number of alkyl halides is 1. The summed E-state index contributed by atoms with van der Waals surface area (Å²) in [5, 5.41) is 12.6. The highest BCUT2D eigenvalue weighted by molar-refractivity contribution is 7.51. The van der Waals surface area contributed by atoms with Crippen LogP contribution in [-0.2, 0) is 23.5 Å². The number of aryl methyl sites for hydroxylation is 1. The van der Waals surface area contributed by atoms with Gasteiger partial charge < -0.3 is 19.2 Å². The predicted molar refractivity (Wildman–Crippen MR) is 141 cm³/mol. The summed E-state index contributed by atoms with van der Waals surface area (Å²) in [5.41, 5.74) is -1.24. The van der Waals surface area contributed by atoms with Gasteiger partial charge in [-0.05, 0) is 42.4 Å². The van der Waals surface area contributed by atoms with Gasteiger partial charge in [-0.25, -0.2) is 13.8 Å². The number of carbonyl (C=O) groups excluding carboxylic acids is 1. The van der Waals surface area contributed by atoms with Crippen LogP contribution in [0.2, 0.25) is 0 Å². The first-order valence-electron chi connectivity index (χ1n) is 12.3. The predicted octanol–water partition coefficient (Wildman–Crippen LogP) is 3.16. The smallest absolute Gasteiger partial charge is 0.411 e. The quantitative estimate of drug-likeness (QED) is 0.241. The standard InChI is InChI=1S/C26H29FN3O9P/c1-4-22(32)38-29-40(35,39-19-11-9-18(10-12-19)17-7-5-16(2)6-8-17)36-15-20-23(33)26(3,27)24(37-20)30-14-13-21(31)28-25(30)34/h5-14,20,23-24,33H,4,15H2,1-3H3,(H,29,35)(H,28,31,34)/t20-,23-,24-,26-,40?/m1/s1. The van der Waals surface area contributed by atoms with Gasteiger partial charge >= 0.3 is 19.4 Å². The summed E-state index contributed by atoms with van der Waals surface area (Å²) >= 11 is 0. The van der Waals surface area contributed by atoms with Crippen molar-refractivity contribution in [3.8, 4) is 16.9 Å². The van der Waals surface area contributed by atoms with E-state index < -0.39 is 55.7 Å². The number of benzene rings is 2. The molecule has 3 aromatic rings. The first-order valence-corrected chi connectivity index (χ1v) is 13.9. The zero-order valence-electron chi connectivity index (χ0n) is 21.9. The summed E-state index contributed by atoms with van der Waals surface area (Å²) in [6.07, 6.45) is -3.92. The molecule has 0 spiro atoms. The Hall–Kier alpha value is -3.61. The molecule has 3 N–H and O–H groups in total. The fourth-order valence-corrected chi connectivity index (χ4v) is 5.08. The van der Waals surface area contributed by atoms with Gasteiger partial charge in [0.15, 0.2) is 11.9 Å². The topological polar surface area (TPSA) is 158 Å². The minimum atomic E-state index is -4.45. The number of ether oxygens (including phenoxy) is 1. The maximum Gasteiger partial charge on any atom is 0.491 e. The first-order chi connectivity index (χ1) is 18.9. The fraction of sp³-hybridized carbons (Fsp3) is 0.346. The first kappa shape index (κ1) is 29.4. The van der Waals surface area contributed by atoms with Crippen LogP contribution in [0.1, 0.15) is 32.1 Å². The normalized spacial score (nSPS) is 23.9. The third kappa shape index (κ3) is 6.57. The number of nitrogens with zero attached hydrogens (tertiary/aromatic N) is 1. The van der Waals surface area contributed by atoms with E-state index in [0.29, 0.717) is 0 Å². The van der Waals surface area contributed by atoms with Crippen molar-refractivity contribution in [1.29, 1.82) is 0 Å². The van der Waals surface area contributed by atoms with Gasteiger partial charge in [0.1, 0.15) is 18.0 Å². The van der Waals surface area contributed by atoms with Crippen molar-refractivity contribution in [3.05, 3.63) is 87.2 Å². The van der Waals surface area contributed by atoms with Crippen LogP contribution in [0.5, 0.6) is 5.75 Å². The Bertz CT molecular complexity index is 1510. The lowest BCUT2D eigenvalue weighted by molar-refractivity contribution is -0.147. The second kappa shape index (κ2) is 11.9. The van der Waals surface area contributed by atoms with Crippen molar-refractivity contribution in [2.24, 2.45) is 0 Å². The summed E-state index contributed by atoms with van der Waals surface area (Å²) in [5.74, 6) is -0.659. The Morgan fingerprint density at radius 2 is 1.77 bits per heavy atom. The lowest BCUT2D eigenvalue weighted by Crippen LogP contribution is -2.43. The molecule has 2 aromatic carbocycles. The Morgan fingerprint density at radius 1 is 1.15 bits per heavy atom. The summed E-state index contributed by atoms with van der Waals surface area (Å²) in [4.78, 5) is 42.0. The van der Waals surface area contributed by atoms with E-state index in [4.69, 9.17) is 18.6 Å². The molecule has 214 valence electrons. The molecule has 1 aliphatic heterocycles. The lowest BCUT2D eigenvalue weighted by atomic mass is 9.98. The highest BCUT2D eigenvalue weighted by Crippen LogP contribution is 2.47. The molecule has 0 radical (unpaired) electrons. The average Bonchev–Trinajstić information content (AvgIpc) is 3.15. The van der Waals surface area contributed by atoms with E-state index in [1.165, 1.54) is 19.1 Å². The Balaban J connectivity index is 1.51. The van der Waals surface area contributed by atoms with Crippen LogP contribution in [0.25, 0.3) is 11.1 Å². The Morgan fingerprint density at radius 3 is 2.38 bits per heavy atom. The number of hydrogen-bond acceptors (Lipinski definition) is 9. The van der Waals surface area contributed by atoms with Gasteiger partial charge in [-0.15, -0.1) is 0 Å². The van der Waals surface area contributed by atoms with Gasteiger partial charge in [0.05, 0.1) is 6.61 Å². The second-order valence-electron chi connectivity index (χ2n) is 9.33. The third-order valence-electron chi connectivity index (χ3n) is 6.25. The van der Waals surface area contributed by atoms with E-state index >= 15 is 4.39 Å². The van der Waals surface area contributed by atoms with Crippen molar-refractivity contribution in [3.63, 3.8) is 0 Å². The molecule has 1 saturated heterocycles. The Kier molecular flexibility index (Phi) is 8.71. The van der Waals surface area contributed by atoms with Crippen LogP contribution in [0, 0.1) is 6.92 Å². The molecular formula is C26H29FN3O9P. The van der Waals surface area contributed by atoms with Crippen LogP contribution in [0.15, 0.2) is 70.4 Å². The van der Waals surface area contributed by atoms with Crippen molar-refractivity contribution < 1.29 is 37.5 Å². The van der Waals surface area contributed by atoms with E-state index in [2.05, 4.69) is 0 Å². The van der Waals surface area contributed by atoms with E-state index in [0.717, 1.165) is 40.4 Å². The number of H-pyrrole nitrogens is 1. The van der Waals surface area contributed by atoms with Crippen molar-refractivity contribution in [2.75, 3.05) is 6.61 Å². The van der Waals surface area contributed by atoms with Gasteiger partial charge in [0.25, 0.3) is 5.56 Å². The van der Waals surface area contributed by atoms with Crippen molar-refractivity contribution in [2.45, 2.75) is 51.3 Å². The molecule has 0 aliphatic carbocycles. The number of aromatic nitrogens is 2. The van der Waals surface area contributed by atoms with Crippen LogP contribution >= 0.6 is 7.75 Å². The minimum absolute atomic E-state index is 0.0432. The highest BCUT2D eigenvalue weighted by atomic mass is 31.2. The molecule has 1 unspecified atom stereocenters. The SMILES string of the molecule is CCC(=O)ONP(=O)(OC[C@H]1O[C@@H](n2ccc(=O)[nH]c2=O)[C@](C)(F)[C@@H]1O)Oc1ccc(-c2ccc(C)cc2)cc1. The van der Waals surface area contributed by atoms with E-state index in [-0.39, 0.29) is 12.2 Å². The molecule has 0 saturated carbocycles. The van der Waals surface area contributed by atoms with Crippen molar-refractivity contribution >= 4 is 13.7 Å². The molecule has 1 fully saturated rings. The molecule has 0 amide bonds. The van der Waals surface area contributed by atoms with Gasteiger partial charge in [0, 0.05) is 18.7 Å². The molecular weight excluding hydrogens is 548 g/mol. The number of nitrogens with one attached hydrogen (secondary N) is 2. The van der Waals surface area contributed by atoms with E-state index in [9.17, 15) is 24.1 Å². The van der Waals surface area contributed by atoms with Crippen LogP contribution in [0.4, 0.5) is 4.39 Å². The van der Waals surface area contributed by atoms with Gasteiger partial charge in [-0.1, -0.05) is 48.9 Å². The number of rotatable bonds is 10. The summed E-state index contributed by atoms with van der Waals surface area (Å²) < 4.78 is 46.2. The van der Waals surface area contributed by atoms with E-state index in [1.54, 1.807) is 12.1 Å². The van der Waals surface area contributed by atoms with Gasteiger partial charge in [-0.3, -0.25) is 23.7 Å². The molecule has 5 atom stereocenters. The number of aliphatic hydroxyl groups excluding tert-OH is 1. The van der Waals surface area contributed by atoms with E-state index in [1.807, 2.05) is 41.4 Å². The lowest BCUT2D eigenvalue weighted by Gasteiger charge is -2.24. The molecule has 14 heteroatoms. The third-order valence-corrected chi connectivity index (χ3v) is 7.51. The summed E-state index contributed by atoms with van der Waals surface area (Å²) in [7, 11) is -4.45. The maximum absolute atomic E-state index is 15.5. The van der Waals surface area contributed by atoms with Crippen LogP contribution in [0.3, 0.4) is 0 Å². The van der Waals surface area contributed by atoms with Gasteiger partial charge in [-0.2, -0.15) is 0 Å². The average molecular weight is 578 g/mol. The molecule has 12 nitrogen and oxygen atoms in total. The number of hydrogen-bond donors (Lipinski definition) is 3. The summed E-state index contributed by atoms with van der Waals surface area (Å²) in [6, 6.07) is 15.4. The fourth-order valence-electron chi connectivity index (χ4n) is 3.98. The largest absolute Gasteiger partial charge is 0.491 e. The zero-order chi connectivity index (χ0) is 29.1. The monoisotopic (exact) mass is 577 g/mol. The van der Waals surface area contributed by atoms with Gasteiger partial charge in [0.2, 0.25) is 0 Å². The molecule has 4 rings (SSSR count). The number of carbonyl (C=O) groups is 1. The second-order valence-corrected chi connectivity index (χ2v) is 11.0. The molecule has 1 aliphatic rings. The molecule has 2 heterocycles. The number of aliphatic hydroxyl groups is 1. The van der Waals surface area contributed by atoms with Crippen LogP contribution < -0.4 is 21.0 Å². The zero-order valence-corrected chi connectivity index (χ0v) is 22.8. The Labute approximate surface area is 228 Å². The molecule has 0 bridgehead atoms. The summed E-state index contributed by atoms with van der Waals surface area (Å²) in [6.45, 7) is 3.81. The molecule has 40 heavy (non-hydrogen) atoms. The van der Waals surface area contributed by atoms with Crippen molar-refractivity contribution in [1.82, 2.24) is 14.8 Å². The number of aromatic amines is 1. The molecule has 1 aromatic heterocycles. The maximum atomic E-state index is 15.5. The van der Waals surface area contributed by atoms with Crippen LogP contribution in [-0.4, -0.2) is 45.1 Å². The number of halogens is 1. The highest BCUT2D eigenvalue weighted by Gasteiger charge is 2.55. The minimum Gasteiger partial charge on any atom is -0.411 e.